The third-order valence-corrected chi connectivity index (χ3v) is 10.0. The fraction of sp³-hybridized carbons (Fsp3) is 0.229. The molecule has 3 heterocycles. The number of aromatic nitrogens is 3. The monoisotopic (exact) mass is 694 g/mol. The molecule has 1 N–H and O–H groups in total. The highest BCUT2D eigenvalue weighted by molar-refractivity contribution is 5.88. The van der Waals surface area contributed by atoms with Gasteiger partial charge in [0.1, 0.15) is 17.5 Å². The highest BCUT2D eigenvalue weighted by Crippen LogP contribution is 2.45. The van der Waals surface area contributed by atoms with Gasteiger partial charge in [-0.25, -0.2) is 4.98 Å². The Kier molecular flexibility index (Phi) is 9.04. The predicted octanol–water partition coefficient (Wildman–Crippen LogP) is 12.4. The van der Waals surface area contributed by atoms with E-state index in [2.05, 4.69) is 139 Å². The van der Waals surface area contributed by atoms with Crippen LogP contribution in [0.5, 0.6) is 5.75 Å². The number of imidazole rings is 1. The summed E-state index contributed by atoms with van der Waals surface area (Å²) in [7, 11) is 0. The van der Waals surface area contributed by atoms with Crippen LogP contribution in [0.4, 0.5) is 0 Å². The topological polar surface area (TPSA) is 74.2 Å². The van der Waals surface area contributed by atoms with Crippen molar-refractivity contribution in [2.45, 2.75) is 72.1 Å². The third kappa shape index (κ3) is 6.74. The highest BCUT2D eigenvalue weighted by Gasteiger charge is 2.29. The molecule has 0 spiro atoms. The van der Waals surface area contributed by atoms with Gasteiger partial charge in [-0.3, -0.25) is 4.98 Å². The molecular formula is C48H46N4O. The number of phenols is 1. The molecule has 0 saturated carbocycles. The van der Waals surface area contributed by atoms with E-state index < -0.39 is 0 Å². The first-order valence-electron chi connectivity index (χ1n) is 18.3. The zero-order valence-corrected chi connectivity index (χ0v) is 31.9. The summed E-state index contributed by atoms with van der Waals surface area (Å²) in [5.41, 5.74) is 13.3. The Labute approximate surface area is 313 Å². The van der Waals surface area contributed by atoms with E-state index in [1.165, 1.54) is 0 Å². The summed E-state index contributed by atoms with van der Waals surface area (Å²) in [5, 5.41) is 22.0. The molecule has 0 fully saturated rings. The minimum absolute atomic E-state index is 0.122. The lowest BCUT2D eigenvalue weighted by atomic mass is 9.78. The molecule has 7 rings (SSSR count). The maximum Gasteiger partial charge on any atom is 0.145 e. The zero-order chi connectivity index (χ0) is 37.7. The first kappa shape index (κ1) is 35.4. The smallest absolute Gasteiger partial charge is 0.145 e. The van der Waals surface area contributed by atoms with Gasteiger partial charge in [0.05, 0.1) is 22.6 Å². The first-order valence-corrected chi connectivity index (χ1v) is 18.3. The Hall–Kier alpha value is -5.99. The minimum Gasteiger partial charge on any atom is -0.507 e. The number of fused-ring (bicyclic) bond motifs is 1. The van der Waals surface area contributed by atoms with E-state index in [0.29, 0.717) is 5.56 Å². The van der Waals surface area contributed by atoms with Crippen molar-refractivity contribution in [3.63, 3.8) is 0 Å². The van der Waals surface area contributed by atoms with Gasteiger partial charge < -0.3 is 9.51 Å². The normalized spacial score (nSPS) is 12.0. The van der Waals surface area contributed by atoms with Gasteiger partial charge in [-0.15, -0.1) is 0 Å². The van der Waals surface area contributed by atoms with Crippen LogP contribution >= 0.6 is 0 Å². The average Bonchev–Trinajstić information content (AvgIpc) is 3.54. The highest BCUT2D eigenvalue weighted by atomic mass is 16.3. The Morgan fingerprint density at radius 1 is 0.660 bits per heavy atom. The molecule has 3 aromatic heterocycles. The summed E-state index contributed by atoms with van der Waals surface area (Å²) in [4.78, 5) is 10.2. The largest absolute Gasteiger partial charge is 0.507 e. The molecule has 0 radical (unpaired) electrons. The number of rotatable bonds is 6. The van der Waals surface area contributed by atoms with Crippen LogP contribution in [0.1, 0.15) is 83.7 Å². The molecule has 4 aromatic carbocycles. The van der Waals surface area contributed by atoms with Crippen molar-refractivity contribution in [2.75, 3.05) is 0 Å². The van der Waals surface area contributed by atoms with Crippen LogP contribution in [0, 0.1) is 11.3 Å². The van der Waals surface area contributed by atoms with Gasteiger partial charge in [0.25, 0.3) is 0 Å². The standard InChI is InChI=1S/C48H46N4O/c1-30(2)44-43(40-25-37(47(3,4)5)26-41(45(40)53)48(6,7)8)51-46-38(20-15-21-52(44)46)34-22-33(31-16-11-9-12-17-31)23-35(24-34)42-27-39(36(28-49)29-50-42)32-18-13-10-14-19-32/h9-27,29-30,53H,1-8H3. The number of phenolic OH excluding ortho intramolecular Hbond substituents is 1. The van der Waals surface area contributed by atoms with Gasteiger partial charge in [0, 0.05) is 40.2 Å². The summed E-state index contributed by atoms with van der Waals surface area (Å²) in [6.07, 6.45) is 3.75. The van der Waals surface area contributed by atoms with Crippen LogP contribution in [0.15, 0.2) is 122 Å². The summed E-state index contributed by atoms with van der Waals surface area (Å²) in [5.74, 6) is 0.406. The minimum atomic E-state index is -0.267. The summed E-state index contributed by atoms with van der Waals surface area (Å²) < 4.78 is 2.19. The maximum absolute atomic E-state index is 12.0. The number of nitriles is 1. The second kappa shape index (κ2) is 13.5. The lowest BCUT2D eigenvalue weighted by molar-refractivity contribution is 0.446. The van der Waals surface area contributed by atoms with E-state index >= 15 is 0 Å². The van der Waals surface area contributed by atoms with Gasteiger partial charge in [-0.1, -0.05) is 122 Å². The van der Waals surface area contributed by atoms with Crippen LogP contribution in [0.25, 0.3) is 61.5 Å². The van der Waals surface area contributed by atoms with Crippen molar-refractivity contribution in [3.05, 3.63) is 144 Å². The van der Waals surface area contributed by atoms with Gasteiger partial charge in [-0.2, -0.15) is 5.26 Å². The van der Waals surface area contributed by atoms with Crippen LogP contribution in [0.2, 0.25) is 0 Å². The van der Waals surface area contributed by atoms with Crippen LogP contribution in [-0.2, 0) is 10.8 Å². The van der Waals surface area contributed by atoms with E-state index in [1.54, 1.807) is 6.20 Å². The van der Waals surface area contributed by atoms with Crippen molar-refractivity contribution in [1.82, 2.24) is 14.4 Å². The molecule has 0 bridgehead atoms. The van der Waals surface area contributed by atoms with Crippen molar-refractivity contribution in [1.29, 1.82) is 5.26 Å². The number of nitrogens with zero attached hydrogens (tertiary/aromatic N) is 4. The third-order valence-electron chi connectivity index (χ3n) is 10.0. The summed E-state index contributed by atoms with van der Waals surface area (Å²) in [6, 6.07) is 39.8. The fourth-order valence-corrected chi connectivity index (χ4v) is 7.17. The van der Waals surface area contributed by atoms with Gasteiger partial charge in [-0.05, 0) is 87.0 Å². The molecule has 0 unspecified atom stereocenters. The number of hydrogen-bond donors (Lipinski definition) is 1. The zero-order valence-electron chi connectivity index (χ0n) is 31.9. The van der Waals surface area contributed by atoms with Crippen molar-refractivity contribution >= 4 is 5.65 Å². The van der Waals surface area contributed by atoms with Crippen LogP contribution < -0.4 is 0 Å². The van der Waals surface area contributed by atoms with E-state index in [1.807, 2.05) is 42.5 Å². The Morgan fingerprint density at radius 3 is 1.92 bits per heavy atom. The van der Waals surface area contributed by atoms with E-state index in [4.69, 9.17) is 9.97 Å². The Balaban J connectivity index is 1.49. The lowest BCUT2D eigenvalue weighted by Crippen LogP contribution is -2.17. The molecule has 53 heavy (non-hydrogen) atoms. The van der Waals surface area contributed by atoms with Crippen molar-refractivity contribution in [3.8, 4) is 67.7 Å². The van der Waals surface area contributed by atoms with Crippen LogP contribution in [0.3, 0.4) is 0 Å². The van der Waals surface area contributed by atoms with Gasteiger partial charge in [0.2, 0.25) is 0 Å². The number of benzene rings is 4. The molecule has 0 atom stereocenters. The van der Waals surface area contributed by atoms with Gasteiger partial charge in [0.15, 0.2) is 0 Å². The second-order valence-electron chi connectivity index (χ2n) is 16.3. The first-order chi connectivity index (χ1) is 25.2. The fourth-order valence-electron chi connectivity index (χ4n) is 7.17. The summed E-state index contributed by atoms with van der Waals surface area (Å²) >= 11 is 0. The molecular weight excluding hydrogens is 649 g/mol. The average molecular weight is 695 g/mol. The lowest BCUT2D eigenvalue weighted by Gasteiger charge is -2.27. The number of pyridine rings is 2. The molecule has 5 nitrogen and oxygen atoms in total. The molecule has 264 valence electrons. The second-order valence-corrected chi connectivity index (χ2v) is 16.3. The molecule has 0 aliphatic rings. The maximum atomic E-state index is 12.0. The Bertz CT molecular complexity index is 2510. The molecule has 0 saturated heterocycles. The Morgan fingerprint density at radius 2 is 1.30 bits per heavy atom. The predicted molar refractivity (Wildman–Crippen MR) is 218 cm³/mol. The SMILES string of the molecule is CC(C)c1c(-c2cc(C(C)(C)C)cc(C(C)(C)C)c2O)nc2c(-c3cc(-c4ccccc4)cc(-c4cc(-c5ccccc5)c(C#N)cn4)c3)cccn12. The van der Waals surface area contributed by atoms with Crippen LogP contribution in [-0.4, -0.2) is 19.5 Å². The van der Waals surface area contributed by atoms with Crippen molar-refractivity contribution < 1.29 is 5.11 Å². The molecule has 0 aliphatic carbocycles. The molecule has 0 amide bonds. The molecule has 5 heteroatoms. The van der Waals surface area contributed by atoms with E-state index in [-0.39, 0.29) is 22.5 Å². The van der Waals surface area contributed by atoms with E-state index in [0.717, 1.165) is 78.4 Å². The quantitative estimate of drug-likeness (QED) is 0.188. The molecule has 7 aromatic rings. The van der Waals surface area contributed by atoms with Gasteiger partial charge >= 0.3 is 0 Å². The number of aromatic hydroxyl groups is 1. The number of hydrogen-bond acceptors (Lipinski definition) is 4. The van der Waals surface area contributed by atoms with E-state index in [9.17, 15) is 10.4 Å². The van der Waals surface area contributed by atoms with Crippen molar-refractivity contribution in [2.24, 2.45) is 0 Å². The summed E-state index contributed by atoms with van der Waals surface area (Å²) in [6.45, 7) is 17.4. The molecule has 0 aliphatic heterocycles.